The molecule has 3 nitrogen and oxygen atoms in total. The van der Waals surface area contributed by atoms with Crippen LogP contribution in [0, 0.1) is 19.7 Å². The first-order valence-electron chi connectivity index (χ1n) is 8.56. The van der Waals surface area contributed by atoms with Crippen LogP contribution in [0.2, 0.25) is 0 Å². The smallest absolute Gasteiger partial charge is 0.224 e. The Morgan fingerprint density at radius 2 is 1.96 bits per heavy atom. The molecule has 1 amide bonds. The maximum atomic E-state index is 13.4. The molecule has 0 saturated heterocycles. The van der Waals surface area contributed by atoms with E-state index in [-0.39, 0.29) is 11.7 Å². The number of aryl methyl sites for hydroxylation is 2. The van der Waals surface area contributed by atoms with E-state index in [1.54, 1.807) is 17.4 Å². The van der Waals surface area contributed by atoms with Crippen LogP contribution in [0.3, 0.4) is 0 Å². The van der Waals surface area contributed by atoms with E-state index in [0.717, 1.165) is 38.7 Å². The van der Waals surface area contributed by atoms with Crippen LogP contribution in [0.1, 0.15) is 21.7 Å². The van der Waals surface area contributed by atoms with Crippen molar-refractivity contribution in [2.75, 3.05) is 6.54 Å². The fraction of sp³-hybridized carbons (Fsp3) is 0.238. The van der Waals surface area contributed by atoms with Crippen LogP contribution in [0.4, 0.5) is 4.39 Å². The van der Waals surface area contributed by atoms with Gasteiger partial charge in [-0.3, -0.25) is 4.79 Å². The van der Waals surface area contributed by atoms with Crippen LogP contribution >= 0.6 is 11.3 Å². The SMILES string of the molecule is Cc1cccc(CC(=O)NCCc2sc(-c3cccc(F)c3)nc2C)c1. The Balaban J connectivity index is 1.56. The van der Waals surface area contributed by atoms with Crippen molar-refractivity contribution < 1.29 is 9.18 Å². The third-order valence-electron chi connectivity index (χ3n) is 4.09. The summed E-state index contributed by atoms with van der Waals surface area (Å²) in [5.74, 6) is -0.247. The lowest BCUT2D eigenvalue weighted by molar-refractivity contribution is -0.120. The van der Waals surface area contributed by atoms with Crippen molar-refractivity contribution in [1.82, 2.24) is 10.3 Å². The summed E-state index contributed by atoms with van der Waals surface area (Å²) in [5, 5.41) is 3.77. The van der Waals surface area contributed by atoms with Crippen LogP contribution < -0.4 is 5.32 Å². The van der Waals surface area contributed by atoms with Crippen molar-refractivity contribution in [1.29, 1.82) is 0 Å². The summed E-state index contributed by atoms with van der Waals surface area (Å²) >= 11 is 1.55. The minimum Gasteiger partial charge on any atom is -0.355 e. The summed E-state index contributed by atoms with van der Waals surface area (Å²) in [6.45, 7) is 4.53. The molecule has 1 heterocycles. The second-order valence-corrected chi connectivity index (χ2v) is 7.39. The van der Waals surface area contributed by atoms with Crippen LogP contribution in [0.5, 0.6) is 0 Å². The lowest BCUT2D eigenvalue weighted by Gasteiger charge is -2.05. The van der Waals surface area contributed by atoms with E-state index < -0.39 is 0 Å². The number of aromatic nitrogens is 1. The maximum Gasteiger partial charge on any atom is 0.224 e. The number of benzene rings is 2. The molecule has 1 aromatic heterocycles. The van der Waals surface area contributed by atoms with Gasteiger partial charge in [-0.15, -0.1) is 11.3 Å². The molecule has 0 unspecified atom stereocenters. The van der Waals surface area contributed by atoms with Gasteiger partial charge in [0, 0.05) is 23.4 Å². The van der Waals surface area contributed by atoms with Crippen molar-refractivity contribution in [2.45, 2.75) is 26.7 Å². The number of rotatable bonds is 6. The number of carbonyl (C=O) groups excluding carboxylic acids is 1. The molecular weight excluding hydrogens is 347 g/mol. The van der Waals surface area contributed by atoms with Gasteiger partial charge in [0.25, 0.3) is 0 Å². The number of nitrogens with zero attached hydrogens (tertiary/aromatic N) is 1. The molecule has 134 valence electrons. The fourth-order valence-electron chi connectivity index (χ4n) is 2.79. The zero-order valence-corrected chi connectivity index (χ0v) is 15.7. The van der Waals surface area contributed by atoms with Gasteiger partial charge in [0.05, 0.1) is 12.1 Å². The molecule has 0 radical (unpaired) electrons. The number of nitrogens with one attached hydrogen (secondary N) is 1. The molecular formula is C21H21FN2OS. The van der Waals surface area contributed by atoms with Gasteiger partial charge in [0.1, 0.15) is 10.8 Å². The Kier molecular flexibility index (Phi) is 5.78. The molecule has 5 heteroatoms. The molecule has 26 heavy (non-hydrogen) atoms. The molecule has 0 bridgehead atoms. The van der Waals surface area contributed by atoms with E-state index in [9.17, 15) is 9.18 Å². The zero-order chi connectivity index (χ0) is 18.5. The molecule has 0 fully saturated rings. The van der Waals surface area contributed by atoms with Crippen LogP contribution in [-0.4, -0.2) is 17.4 Å². The van der Waals surface area contributed by atoms with Gasteiger partial charge in [0.2, 0.25) is 5.91 Å². The predicted molar refractivity (Wildman–Crippen MR) is 104 cm³/mol. The Hall–Kier alpha value is -2.53. The van der Waals surface area contributed by atoms with Crippen LogP contribution in [0.15, 0.2) is 48.5 Å². The lowest BCUT2D eigenvalue weighted by Crippen LogP contribution is -2.27. The molecule has 3 rings (SSSR count). The molecule has 0 aliphatic carbocycles. The monoisotopic (exact) mass is 368 g/mol. The van der Waals surface area contributed by atoms with Gasteiger partial charge >= 0.3 is 0 Å². The largest absolute Gasteiger partial charge is 0.355 e. The molecule has 0 aliphatic rings. The normalized spacial score (nSPS) is 10.7. The summed E-state index contributed by atoms with van der Waals surface area (Å²) in [6.07, 6.45) is 1.11. The van der Waals surface area contributed by atoms with Gasteiger partial charge < -0.3 is 5.32 Å². The Bertz CT molecular complexity index is 920. The highest BCUT2D eigenvalue weighted by atomic mass is 32.1. The second-order valence-electron chi connectivity index (χ2n) is 6.30. The molecule has 2 aromatic carbocycles. The highest BCUT2D eigenvalue weighted by molar-refractivity contribution is 7.15. The minimum absolute atomic E-state index is 0.0168. The minimum atomic E-state index is -0.264. The Labute approximate surface area is 156 Å². The van der Waals surface area contributed by atoms with Crippen LogP contribution in [-0.2, 0) is 17.6 Å². The highest BCUT2D eigenvalue weighted by Crippen LogP contribution is 2.28. The molecule has 0 saturated carbocycles. The highest BCUT2D eigenvalue weighted by Gasteiger charge is 2.11. The third-order valence-corrected chi connectivity index (χ3v) is 5.35. The Morgan fingerprint density at radius 1 is 1.15 bits per heavy atom. The summed E-state index contributed by atoms with van der Waals surface area (Å²) in [7, 11) is 0. The van der Waals surface area contributed by atoms with Gasteiger partial charge in [-0.2, -0.15) is 0 Å². The van der Waals surface area contributed by atoms with E-state index in [4.69, 9.17) is 0 Å². The maximum absolute atomic E-state index is 13.4. The molecule has 1 N–H and O–H groups in total. The number of hydrogen-bond donors (Lipinski definition) is 1. The second kappa shape index (κ2) is 8.23. The quantitative estimate of drug-likeness (QED) is 0.698. The average Bonchev–Trinajstić information content (AvgIpc) is 2.96. The number of thiazole rings is 1. The van der Waals surface area contributed by atoms with E-state index in [1.807, 2.05) is 44.2 Å². The molecule has 3 aromatic rings. The van der Waals surface area contributed by atoms with Gasteiger partial charge in [-0.05, 0) is 31.5 Å². The van der Waals surface area contributed by atoms with Gasteiger partial charge in [-0.1, -0.05) is 42.0 Å². The number of carbonyl (C=O) groups is 1. The number of halogens is 1. The Morgan fingerprint density at radius 3 is 2.73 bits per heavy atom. The van der Waals surface area contributed by atoms with Gasteiger partial charge in [0.15, 0.2) is 0 Å². The van der Waals surface area contributed by atoms with E-state index in [2.05, 4.69) is 10.3 Å². The first-order valence-corrected chi connectivity index (χ1v) is 9.37. The first-order chi connectivity index (χ1) is 12.5. The average molecular weight is 368 g/mol. The molecule has 0 atom stereocenters. The van der Waals surface area contributed by atoms with Crippen molar-refractivity contribution in [3.05, 3.63) is 76.0 Å². The van der Waals surface area contributed by atoms with Crippen molar-refractivity contribution >= 4 is 17.2 Å². The third kappa shape index (κ3) is 4.76. The predicted octanol–water partition coefficient (Wildman–Crippen LogP) is 4.47. The molecule has 0 aliphatic heterocycles. The van der Waals surface area contributed by atoms with Crippen molar-refractivity contribution in [3.8, 4) is 10.6 Å². The van der Waals surface area contributed by atoms with Crippen molar-refractivity contribution in [2.24, 2.45) is 0 Å². The van der Waals surface area contributed by atoms with E-state index >= 15 is 0 Å². The fourth-order valence-corrected chi connectivity index (χ4v) is 3.85. The van der Waals surface area contributed by atoms with E-state index in [0.29, 0.717) is 13.0 Å². The number of hydrogen-bond acceptors (Lipinski definition) is 3. The lowest BCUT2D eigenvalue weighted by atomic mass is 10.1. The summed E-state index contributed by atoms with van der Waals surface area (Å²) < 4.78 is 13.4. The standard InChI is InChI=1S/C21H21FN2OS/c1-14-5-3-6-16(11-14)12-20(25)23-10-9-19-15(2)24-21(26-19)17-7-4-8-18(22)13-17/h3-8,11,13H,9-10,12H2,1-2H3,(H,23,25). The van der Waals surface area contributed by atoms with E-state index in [1.165, 1.54) is 12.1 Å². The van der Waals surface area contributed by atoms with Crippen molar-refractivity contribution in [3.63, 3.8) is 0 Å². The zero-order valence-electron chi connectivity index (χ0n) is 14.9. The van der Waals surface area contributed by atoms with Crippen LogP contribution in [0.25, 0.3) is 10.6 Å². The summed E-state index contributed by atoms with van der Waals surface area (Å²) in [5.41, 5.74) is 3.89. The number of amides is 1. The van der Waals surface area contributed by atoms with Gasteiger partial charge in [-0.25, -0.2) is 9.37 Å². The summed E-state index contributed by atoms with van der Waals surface area (Å²) in [6, 6.07) is 14.4. The first kappa shape index (κ1) is 18.3. The molecule has 0 spiro atoms. The topological polar surface area (TPSA) is 42.0 Å². The summed E-state index contributed by atoms with van der Waals surface area (Å²) in [4.78, 5) is 17.7.